The number of hydrogen-bond donors (Lipinski definition) is 0. The molecule has 7 rings (SSSR count). The van der Waals surface area contributed by atoms with Crippen LogP contribution in [0.5, 0.6) is 0 Å². The van der Waals surface area contributed by atoms with Crippen molar-refractivity contribution < 1.29 is 48.0 Å². The molecule has 0 bridgehead atoms. The predicted octanol–water partition coefficient (Wildman–Crippen LogP) is 1.96. The summed E-state index contributed by atoms with van der Waals surface area (Å²) in [6.07, 6.45) is 9.30. The normalized spacial score (nSPS) is 17.2. The molecule has 2 aliphatic rings. The van der Waals surface area contributed by atoms with Crippen molar-refractivity contribution in [1.82, 2.24) is 9.13 Å². The van der Waals surface area contributed by atoms with Crippen LogP contribution in [-0.4, -0.2) is 9.13 Å². The summed E-state index contributed by atoms with van der Waals surface area (Å²) in [6, 6.07) is 31.3. The van der Waals surface area contributed by atoms with E-state index < -0.39 is 23.2 Å². The van der Waals surface area contributed by atoms with Crippen LogP contribution in [0.1, 0.15) is 40.8 Å². The number of halogens is 2. The average molecular weight is 601 g/mol. The molecule has 5 aromatic rings. The quantitative estimate of drug-likeness (QED) is 0.299. The average Bonchev–Trinajstić information content (AvgIpc) is 3.66. The van der Waals surface area contributed by atoms with E-state index in [0.29, 0.717) is 7.25 Å². The Kier molecular flexibility index (Phi) is 7.25. The fraction of sp³-hybridized carbons (Fsp3) is 0.125. The van der Waals surface area contributed by atoms with E-state index in [4.69, 9.17) is 0 Å². The van der Waals surface area contributed by atoms with Gasteiger partial charge in [-0.15, -0.1) is 0 Å². The molecule has 2 heterocycles. The molecule has 0 saturated carbocycles. The second kappa shape index (κ2) is 10.3. The molecule has 0 N–H and O–H groups in total. The minimum absolute atomic E-state index is 0. The Morgan fingerprint density at radius 2 is 1.16 bits per heavy atom. The molecule has 2 unspecified atom stereocenters. The zero-order valence-corrected chi connectivity index (χ0v) is 24.7. The van der Waals surface area contributed by atoms with Crippen molar-refractivity contribution in [3.05, 3.63) is 131 Å². The van der Waals surface area contributed by atoms with Gasteiger partial charge in [-0.25, -0.2) is 0 Å². The van der Waals surface area contributed by atoms with Crippen LogP contribution in [-0.2, 0) is 23.2 Å². The Morgan fingerprint density at radius 3 is 1.84 bits per heavy atom. The second-order valence-electron chi connectivity index (χ2n) is 9.58. The minimum atomic E-state index is -1.05. The molecule has 182 valence electrons. The maximum Gasteiger partial charge on any atom is -1.00 e. The van der Waals surface area contributed by atoms with E-state index in [2.05, 4.69) is 132 Å². The Morgan fingerprint density at radius 1 is 0.622 bits per heavy atom. The molecule has 0 fully saturated rings. The molecule has 2 atom stereocenters. The Hall–Kier alpha value is -2.58. The number of para-hydroxylation sites is 1. The summed E-state index contributed by atoms with van der Waals surface area (Å²) >= 11 is -1.05. The zero-order valence-electron chi connectivity index (χ0n) is 20.7. The summed E-state index contributed by atoms with van der Waals surface area (Å²) in [5, 5.41) is 1.37. The van der Waals surface area contributed by atoms with Gasteiger partial charge in [-0.05, 0) is 0 Å². The van der Waals surface area contributed by atoms with E-state index >= 15 is 0 Å². The van der Waals surface area contributed by atoms with Crippen LogP contribution in [0.15, 0.2) is 97.3 Å². The van der Waals surface area contributed by atoms with Gasteiger partial charge in [0.2, 0.25) is 0 Å². The SMILES string of the molecule is Cc1c(C)n(C2=Cc3ccccc3[CH]2[Zr+2][CH]2C(n3cccc3)=Cc3ccccc32)c2ccccc12.[Cl-].[Cl-]. The van der Waals surface area contributed by atoms with E-state index in [0.717, 1.165) is 0 Å². The topological polar surface area (TPSA) is 9.86 Å². The van der Waals surface area contributed by atoms with Crippen molar-refractivity contribution in [2.24, 2.45) is 0 Å². The maximum atomic E-state index is 2.57. The van der Waals surface area contributed by atoms with Gasteiger partial charge in [0.1, 0.15) is 0 Å². The molecular weight excluding hydrogens is 574 g/mol. The third-order valence-corrected chi connectivity index (χ3v) is 12.4. The molecular formula is C32H26Cl2N2Zr. The third-order valence-electron chi connectivity index (χ3n) is 7.73. The Balaban J connectivity index is 0.00000140. The largest absolute Gasteiger partial charge is 1.00 e. The molecule has 5 heteroatoms. The van der Waals surface area contributed by atoms with E-state index in [-0.39, 0.29) is 24.8 Å². The van der Waals surface area contributed by atoms with Gasteiger partial charge in [0.25, 0.3) is 0 Å². The van der Waals surface area contributed by atoms with Crippen molar-refractivity contribution in [2.45, 2.75) is 21.1 Å². The smallest absolute Gasteiger partial charge is 1.00 e. The van der Waals surface area contributed by atoms with Crippen LogP contribution < -0.4 is 24.8 Å². The van der Waals surface area contributed by atoms with Crippen LogP contribution in [0, 0.1) is 13.8 Å². The van der Waals surface area contributed by atoms with E-state index in [1.165, 1.54) is 55.8 Å². The fourth-order valence-corrected chi connectivity index (χ4v) is 10.8. The fourth-order valence-electron chi connectivity index (χ4n) is 5.92. The zero-order chi connectivity index (χ0) is 23.5. The van der Waals surface area contributed by atoms with Crippen molar-refractivity contribution in [1.29, 1.82) is 0 Å². The number of fused-ring (bicyclic) bond motifs is 3. The van der Waals surface area contributed by atoms with Crippen LogP contribution in [0.3, 0.4) is 0 Å². The molecule has 0 aliphatic heterocycles. The van der Waals surface area contributed by atoms with Crippen molar-refractivity contribution in [3.8, 4) is 0 Å². The second-order valence-corrected chi connectivity index (χ2v) is 13.2. The summed E-state index contributed by atoms with van der Waals surface area (Å²) in [5.74, 6) is 0. The van der Waals surface area contributed by atoms with Gasteiger partial charge in [-0.3, -0.25) is 0 Å². The molecule has 0 amide bonds. The van der Waals surface area contributed by atoms with Crippen LogP contribution in [0.4, 0.5) is 0 Å². The van der Waals surface area contributed by atoms with Gasteiger partial charge < -0.3 is 24.8 Å². The van der Waals surface area contributed by atoms with Crippen LogP contribution >= 0.6 is 0 Å². The summed E-state index contributed by atoms with van der Waals surface area (Å²) in [5.41, 5.74) is 12.8. The monoisotopic (exact) mass is 598 g/mol. The van der Waals surface area contributed by atoms with E-state index in [1.54, 1.807) is 0 Å². The van der Waals surface area contributed by atoms with Gasteiger partial charge in [-0.1, -0.05) is 0 Å². The van der Waals surface area contributed by atoms with Crippen molar-refractivity contribution in [2.75, 3.05) is 0 Å². The minimum Gasteiger partial charge on any atom is -1.00 e. The van der Waals surface area contributed by atoms with Gasteiger partial charge in [0.15, 0.2) is 0 Å². The first-order chi connectivity index (χ1) is 17.2. The maximum absolute atomic E-state index is 2.57. The molecule has 2 aliphatic carbocycles. The van der Waals surface area contributed by atoms with Gasteiger partial charge in [0, 0.05) is 0 Å². The molecule has 0 spiro atoms. The first-order valence-corrected chi connectivity index (χ1v) is 15.1. The standard InChI is InChI=1S/C19H16N.C13H10N.2ClH.Zr/c1-13-14(2)20(19-10-6-5-9-18(13)19)17-11-15-7-3-4-8-16(15)12-17;1-2-6-12-10-13(9-11(12)5-1)14-7-3-4-8-14;;;/h3-12H,1-2H3;1-10H;2*1H;/q;;;;+2/p-2. The number of nitrogens with zero attached hydrogens (tertiary/aromatic N) is 2. The number of aryl methyl sites for hydroxylation is 1. The molecule has 2 aromatic heterocycles. The van der Waals surface area contributed by atoms with Gasteiger partial charge >= 0.3 is 219 Å². The molecule has 37 heavy (non-hydrogen) atoms. The van der Waals surface area contributed by atoms with Crippen molar-refractivity contribution >= 4 is 34.4 Å². The predicted molar refractivity (Wildman–Crippen MR) is 143 cm³/mol. The van der Waals surface area contributed by atoms with Gasteiger partial charge in [0.05, 0.1) is 0 Å². The first-order valence-electron chi connectivity index (χ1n) is 12.3. The van der Waals surface area contributed by atoms with Gasteiger partial charge in [-0.2, -0.15) is 0 Å². The van der Waals surface area contributed by atoms with E-state index in [9.17, 15) is 0 Å². The molecule has 0 radical (unpaired) electrons. The van der Waals surface area contributed by atoms with Crippen molar-refractivity contribution in [3.63, 3.8) is 0 Å². The summed E-state index contributed by atoms with van der Waals surface area (Å²) in [6.45, 7) is 4.56. The Bertz CT molecular complexity index is 1660. The number of aromatic nitrogens is 2. The summed E-state index contributed by atoms with van der Waals surface area (Å²) in [4.78, 5) is 0. The molecule has 2 nitrogen and oxygen atoms in total. The molecule has 3 aromatic carbocycles. The Labute approximate surface area is 242 Å². The number of hydrogen-bond acceptors (Lipinski definition) is 0. The molecule has 0 saturated heterocycles. The summed E-state index contributed by atoms with van der Waals surface area (Å²) < 4.78 is 5.90. The first kappa shape index (κ1) is 26.0. The number of allylic oxidation sites excluding steroid dienone is 2. The summed E-state index contributed by atoms with van der Waals surface area (Å²) in [7, 11) is 0. The third kappa shape index (κ3) is 4.13. The van der Waals surface area contributed by atoms with Crippen LogP contribution in [0.2, 0.25) is 0 Å². The number of rotatable bonds is 4. The van der Waals surface area contributed by atoms with Crippen LogP contribution in [0.25, 0.3) is 34.4 Å². The number of benzene rings is 3. The van der Waals surface area contributed by atoms with E-state index in [1.807, 2.05) is 0 Å².